The van der Waals surface area contributed by atoms with Crippen molar-refractivity contribution < 1.29 is 9.59 Å². The third-order valence-electron chi connectivity index (χ3n) is 5.54. The van der Waals surface area contributed by atoms with Gasteiger partial charge >= 0.3 is 0 Å². The van der Waals surface area contributed by atoms with Crippen LogP contribution in [0.1, 0.15) is 48.8 Å². The van der Waals surface area contributed by atoms with E-state index < -0.39 is 0 Å². The van der Waals surface area contributed by atoms with E-state index in [2.05, 4.69) is 49.6 Å². The molecule has 39 heavy (non-hydrogen) atoms. The van der Waals surface area contributed by atoms with Gasteiger partial charge in [0, 0.05) is 42.6 Å². The highest BCUT2D eigenvalue weighted by Crippen LogP contribution is 2.13. The maximum absolute atomic E-state index is 10.8. The van der Waals surface area contributed by atoms with Crippen LogP contribution in [-0.4, -0.2) is 27.5 Å². The molecule has 0 fully saturated rings. The van der Waals surface area contributed by atoms with Gasteiger partial charge in [-0.3, -0.25) is 19.6 Å². The lowest BCUT2D eigenvalue weighted by molar-refractivity contribution is 0.111. The molecule has 194 valence electrons. The first kappa shape index (κ1) is 29.0. The third kappa shape index (κ3) is 9.68. The van der Waals surface area contributed by atoms with Gasteiger partial charge in [0.2, 0.25) is 0 Å². The Kier molecular flexibility index (Phi) is 12.1. The second kappa shape index (κ2) is 16.3. The van der Waals surface area contributed by atoms with Crippen LogP contribution < -0.4 is 0 Å². The number of carbonyl (C=O) groups is 2. The van der Waals surface area contributed by atoms with Crippen LogP contribution in [-0.2, 0) is 12.8 Å². The second-order valence-electron chi connectivity index (χ2n) is 8.23. The fourth-order valence-electron chi connectivity index (χ4n) is 3.55. The molecule has 0 N–H and O–H groups in total. The number of hydrogen-bond donors (Lipinski definition) is 0. The van der Waals surface area contributed by atoms with E-state index in [-0.39, 0.29) is 0 Å². The van der Waals surface area contributed by atoms with Gasteiger partial charge in [-0.05, 0) is 63.0 Å². The Balaban J connectivity index is 0.000000167. The number of carbonyl (C=O) groups excluding carboxylic acids is 2. The molecule has 3 aromatic heterocycles. The Morgan fingerprint density at radius 1 is 0.564 bits per heavy atom. The first-order valence-corrected chi connectivity index (χ1v) is 13.0. The lowest BCUT2D eigenvalue weighted by Crippen LogP contribution is -1.97. The minimum Gasteiger partial charge on any atom is -0.298 e. The van der Waals surface area contributed by atoms with Crippen LogP contribution in [0.3, 0.4) is 0 Å². The van der Waals surface area contributed by atoms with E-state index in [1.54, 1.807) is 36.7 Å². The smallest absolute Gasteiger partial charge is 0.152 e. The summed E-state index contributed by atoms with van der Waals surface area (Å²) in [5.41, 5.74) is 6.72. The number of nitrogens with zero attached hydrogens (tertiary/aromatic N) is 3. The summed E-state index contributed by atoms with van der Waals surface area (Å²) in [6.45, 7) is 3.79. The number of pyridine rings is 3. The standard InChI is InChI=1S/C14H13N.C13H11NO.C6H4BrNO/c1-2-13-9-6-10-15-14(13)11-12-7-4-3-5-8-12;15-10-12-7-4-8-14-13(12)9-11-5-2-1-3-6-11;7-6-5(4-9)2-1-3-8-6/h2-10H,1,11H2;1-8,10H,9H2;1-4H. The van der Waals surface area contributed by atoms with Crippen molar-refractivity contribution >= 4 is 34.6 Å². The zero-order chi connectivity index (χ0) is 27.7. The fourth-order valence-corrected chi connectivity index (χ4v) is 3.90. The molecule has 5 aromatic rings. The van der Waals surface area contributed by atoms with Crippen molar-refractivity contribution in [2.45, 2.75) is 12.8 Å². The van der Waals surface area contributed by atoms with Gasteiger partial charge in [0.05, 0.1) is 11.4 Å². The molecule has 0 aliphatic carbocycles. The van der Waals surface area contributed by atoms with Crippen LogP contribution in [0, 0.1) is 0 Å². The molecule has 0 aliphatic heterocycles. The highest BCUT2D eigenvalue weighted by Gasteiger charge is 2.03. The van der Waals surface area contributed by atoms with Crippen LogP contribution in [0.5, 0.6) is 0 Å². The summed E-state index contributed by atoms with van der Waals surface area (Å²) in [6.07, 6.45) is 10.2. The van der Waals surface area contributed by atoms with Crippen molar-refractivity contribution in [3.8, 4) is 0 Å². The highest BCUT2D eigenvalue weighted by molar-refractivity contribution is 9.10. The molecule has 2 aromatic carbocycles. The van der Waals surface area contributed by atoms with Gasteiger partial charge in [-0.2, -0.15) is 0 Å². The zero-order valence-corrected chi connectivity index (χ0v) is 22.9. The molecular weight excluding hydrogens is 550 g/mol. The summed E-state index contributed by atoms with van der Waals surface area (Å²) >= 11 is 3.11. The highest BCUT2D eigenvalue weighted by atomic mass is 79.9. The van der Waals surface area contributed by atoms with Gasteiger partial charge in [-0.1, -0.05) is 79.4 Å². The molecule has 0 radical (unpaired) electrons. The van der Waals surface area contributed by atoms with Crippen molar-refractivity contribution in [2.75, 3.05) is 0 Å². The van der Waals surface area contributed by atoms with Gasteiger partial charge in [-0.15, -0.1) is 0 Å². The molecule has 0 saturated heterocycles. The molecule has 0 spiro atoms. The van der Waals surface area contributed by atoms with Crippen molar-refractivity contribution in [1.82, 2.24) is 15.0 Å². The van der Waals surface area contributed by atoms with Crippen molar-refractivity contribution in [2.24, 2.45) is 0 Å². The Morgan fingerprint density at radius 3 is 1.44 bits per heavy atom. The van der Waals surface area contributed by atoms with Crippen LogP contribution in [0.25, 0.3) is 6.08 Å². The van der Waals surface area contributed by atoms with E-state index in [0.29, 0.717) is 22.2 Å². The maximum Gasteiger partial charge on any atom is 0.152 e. The van der Waals surface area contributed by atoms with Gasteiger partial charge in [0.25, 0.3) is 0 Å². The molecule has 5 rings (SSSR count). The van der Waals surface area contributed by atoms with E-state index in [4.69, 9.17) is 0 Å². The molecule has 0 unspecified atom stereocenters. The summed E-state index contributed by atoms with van der Waals surface area (Å²) in [4.78, 5) is 33.4. The van der Waals surface area contributed by atoms with Crippen molar-refractivity contribution in [3.05, 3.63) is 166 Å². The largest absolute Gasteiger partial charge is 0.298 e. The minimum atomic E-state index is 0.581. The van der Waals surface area contributed by atoms with Gasteiger partial charge in [0.1, 0.15) is 4.60 Å². The van der Waals surface area contributed by atoms with Crippen LogP contribution >= 0.6 is 15.9 Å². The monoisotopic (exact) mass is 577 g/mol. The summed E-state index contributed by atoms with van der Waals surface area (Å²) in [5.74, 6) is 0. The minimum absolute atomic E-state index is 0.581. The SMILES string of the molecule is C=Cc1cccnc1Cc1ccccc1.O=Cc1cccnc1Br.O=Cc1cccnc1Cc1ccccc1. The Hall–Kier alpha value is -4.55. The Bertz CT molecular complexity index is 1390. The van der Waals surface area contributed by atoms with Gasteiger partial charge < -0.3 is 0 Å². The summed E-state index contributed by atoms with van der Waals surface area (Å²) in [5, 5.41) is 0. The number of rotatable bonds is 7. The average molecular weight is 579 g/mol. The summed E-state index contributed by atoms with van der Waals surface area (Å²) in [6, 6.07) is 31.3. The molecular formula is C33H28BrN3O2. The van der Waals surface area contributed by atoms with E-state index in [1.165, 1.54) is 11.1 Å². The Labute approximate surface area is 237 Å². The normalized spacial score (nSPS) is 9.67. The lowest BCUT2D eigenvalue weighted by Gasteiger charge is -2.04. The number of halogens is 1. The molecule has 3 heterocycles. The zero-order valence-electron chi connectivity index (χ0n) is 21.4. The average Bonchev–Trinajstić information content (AvgIpc) is 3.00. The fraction of sp³-hybridized carbons (Fsp3) is 0.0606. The van der Waals surface area contributed by atoms with Gasteiger partial charge in [0.15, 0.2) is 12.6 Å². The van der Waals surface area contributed by atoms with Crippen molar-refractivity contribution in [1.29, 1.82) is 0 Å². The number of aldehydes is 2. The van der Waals surface area contributed by atoms with Crippen LogP contribution in [0.4, 0.5) is 0 Å². The lowest BCUT2D eigenvalue weighted by atomic mass is 10.1. The molecule has 5 nitrogen and oxygen atoms in total. The summed E-state index contributed by atoms with van der Waals surface area (Å²) < 4.78 is 0.597. The van der Waals surface area contributed by atoms with E-state index >= 15 is 0 Å². The molecule has 0 amide bonds. The van der Waals surface area contributed by atoms with Crippen LogP contribution in [0.15, 0.2) is 127 Å². The predicted octanol–water partition coefficient (Wildman–Crippen LogP) is 7.46. The first-order chi connectivity index (χ1) is 19.1. The molecule has 0 atom stereocenters. The van der Waals surface area contributed by atoms with E-state index in [9.17, 15) is 9.59 Å². The number of hydrogen-bond acceptors (Lipinski definition) is 5. The topological polar surface area (TPSA) is 72.8 Å². The quantitative estimate of drug-likeness (QED) is 0.148. The number of aromatic nitrogens is 3. The maximum atomic E-state index is 10.8. The molecule has 0 aliphatic rings. The first-order valence-electron chi connectivity index (χ1n) is 12.2. The summed E-state index contributed by atoms with van der Waals surface area (Å²) in [7, 11) is 0. The van der Waals surface area contributed by atoms with E-state index in [0.717, 1.165) is 35.9 Å². The number of benzene rings is 2. The molecule has 0 saturated carbocycles. The van der Waals surface area contributed by atoms with Crippen LogP contribution in [0.2, 0.25) is 0 Å². The van der Waals surface area contributed by atoms with Crippen molar-refractivity contribution in [3.63, 3.8) is 0 Å². The molecule has 0 bridgehead atoms. The Morgan fingerprint density at radius 2 is 1.00 bits per heavy atom. The predicted molar refractivity (Wildman–Crippen MR) is 160 cm³/mol. The third-order valence-corrected chi connectivity index (χ3v) is 6.20. The molecule has 6 heteroatoms. The van der Waals surface area contributed by atoms with Gasteiger partial charge in [-0.25, -0.2) is 4.98 Å². The second-order valence-corrected chi connectivity index (χ2v) is 8.98. The van der Waals surface area contributed by atoms with E-state index in [1.807, 2.05) is 72.9 Å².